The van der Waals surface area contributed by atoms with Crippen LogP contribution in [-0.2, 0) is 30.2 Å². The monoisotopic (exact) mass is 739 g/mol. The molecule has 7 rings (SSSR count). The van der Waals surface area contributed by atoms with Crippen LogP contribution in [0.5, 0.6) is 0 Å². The minimum Gasteiger partial charge on any atom is -0.340 e. The van der Waals surface area contributed by atoms with Crippen LogP contribution >= 0.6 is 22.7 Å². The van der Waals surface area contributed by atoms with Crippen LogP contribution < -0.4 is 0 Å². The van der Waals surface area contributed by atoms with Gasteiger partial charge in [0.2, 0.25) is 0 Å². The van der Waals surface area contributed by atoms with Crippen LogP contribution in [0.25, 0.3) is 64.2 Å². The molecule has 0 aliphatic rings. The Hall–Kier alpha value is -3.80. The van der Waals surface area contributed by atoms with Crippen LogP contribution in [0.3, 0.4) is 0 Å². The molecule has 0 amide bonds. The molecule has 4 heterocycles. The average molecular weight is 740 g/mol. The van der Waals surface area contributed by atoms with Gasteiger partial charge in [-0.2, -0.15) is 0 Å². The van der Waals surface area contributed by atoms with E-state index < -0.39 is 0 Å². The standard InChI is InChI=1S/C48H57N3S2/c1-10-13-14-15-16-17-28-51-39-29-31(18-20-33(39)34-21-19-32(30-40(34)51)47(4,5)6)41-24-25-42(52-41)35-22-23-36(43-26-27-44(53-43)48(7,8)9)46-45(35)49-37(11-2)38(12-3)50-46/h18-27,29-30H,10-17,28H2,1-9H3. The number of unbranched alkanes of at least 4 members (excludes halogenated alkanes) is 5. The van der Waals surface area contributed by atoms with E-state index in [1.807, 2.05) is 22.7 Å². The molecule has 0 unspecified atom stereocenters. The fourth-order valence-corrected chi connectivity index (χ4v) is 9.82. The molecule has 0 atom stereocenters. The Morgan fingerprint density at radius 2 is 1.11 bits per heavy atom. The second-order valence-corrected chi connectivity index (χ2v) is 19.1. The molecule has 0 saturated carbocycles. The van der Waals surface area contributed by atoms with Crippen LogP contribution in [0.1, 0.15) is 123 Å². The van der Waals surface area contributed by atoms with Gasteiger partial charge < -0.3 is 4.57 Å². The maximum Gasteiger partial charge on any atom is 0.0983 e. The Bertz CT molecular complexity index is 2390. The number of fused-ring (bicyclic) bond motifs is 4. The van der Waals surface area contributed by atoms with Crippen molar-refractivity contribution < 1.29 is 0 Å². The molecule has 0 spiro atoms. The van der Waals surface area contributed by atoms with Gasteiger partial charge in [-0.15, -0.1) is 22.7 Å². The quantitative estimate of drug-likeness (QED) is 0.117. The number of aromatic nitrogens is 3. The van der Waals surface area contributed by atoms with Gasteiger partial charge in [0.25, 0.3) is 0 Å². The lowest BCUT2D eigenvalue weighted by atomic mass is 9.86. The van der Waals surface area contributed by atoms with Crippen LogP contribution in [0.4, 0.5) is 0 Å². The minimum atomic E-state index is 0.107. The Morgan fingerprint density at radius 1 is 0.547 bits per heavy atom. The van der Waals surface area contributed by atoms with Gasteiger partial charge in [-0.25, -0.2) is 9.97 Å². The van der Waals surface area contributed by atoms with Crippen LogP contribution in [0, 0.1) is 0 Å². The highest BCUT2D eigenvalue weighted by Crippen LogP contribution is 2.43. The number of hydrogen-bond donors (Lipinski definition) is 0. The van der Waals surface area contributed by atoms with E-state index in [1.54, 1.807) is 0 Å². The SMILES string of the molecule is CCCCCCCCn1c2cc(-c3ccc(-c4ccc(-c5ccc(C(C)(C)C)s5)c5nc(CC)c(CC)nc45)s3)ccc2c2ccc(C(C)(C)C)cc21. The number of rotatable bonds is 12. The number of aryl methyl sites for hydroxylation is 3. The molecule has 5 heteroatoms. The summed E-state index contributed by atoms with van der Waals surface area (Å²) < 4.78 is 2.62. The van der Waals surface area contributed by atoms with E-state index in [0.717, 1.165) is 41.8 Å². The van der Waals surface area contributed by atoms with E-state index in [2.05, 4.69) is 140 Å². The maximum absolute atomic E-state index is 5.36. The van der Waals surface area contributed by atoms with Gasteiger partial charge in [0.1, 0.15) is 0 Å². The molecule has 0 aliphatic carbocycles. The molecule has 0 fully saturated rings. The number of hydrogen-bond acceptors (Lipinski definition) is 4. The van der Waals surface area contributed by atoms with Crippen molar-refractivity contribution in [2.45, 2.75) is 131 Å². The van der Waals surface area contributed by atoms with E-state index in [9.17, 15) is 0 Å². The van der Waals surface area contributed by atoms with Crippen molar-refractivity contribution >= 4 is 55.5 Å². The van der Waals surface area contributed by atoms with Crippen LogP contribution in [-0.4, -0.2) is 14.5 Å². The van der Waals surface area contributed by atoms with Gasteiger partial charge in [-0.05, 0) is 77.6 Å². The molecule has 7 aromatic rings. The van der Waals surface area contributed by atoms with Crippen molar-refractivity contribution in [3.05, 3.63) is 94.6 Å². The zero-order chi connectivity index (χ0) is 37.5. The zero-order valence-corrected chi connectivity index (χ0v) is 35.1. The summed E-state index contributed by atoms with van der Waals surface area (Å²) in [6, 6.07) is 28.0. The summed E-state index contributed by atoms with van der Waals surface area (Å²) in [7, 11) is 0. The molecule has 0 bridgehead atoms. The smallest absolute Gasteiger partial charge is 0.0983 e. The van der Waals surface area contributed by atoms with Gasteiger partial charge in [0.15, 0.2) is 0 Å². The second-order valence-electron chi connectivity index (χ2n) is 16.9. The molecule has 3 aromatic carbocycles. The third-order valence-electron chi connectivity index (χ3n) is 10.9. The predicted molar refractivity (Wildman–Crippen MR) is 234 cm³/mol. The molecular formula is C48H57N3S2. The summed E-state index contributed by atoms with van der Waals surface area (Å²) in [5.74, 6) is 0. The zero-order valence-electron chi connectivity index (χ0n) is 33.5. The van der Waals surface area contributed by atoms with Gasteiger partial charge >= 0.3 is 0 Å². The summed E-state index contributed by atoms with van der Waals surface area (Å²) in [6.45, 7) is 21.6. The third-order valence-corrected chi connectivity index (χ3v) is 13.6. The molecule has 53 heavy (non-hydrogen) atoms. The fourth-order valence-electron chi connectivity index (χ4n) is 7.70. The fraction of sp³-hybridized carbons (Fsp3) is 0.417. The van der Waals surface area contributed by atoms with Crippen molar-refractivity contribution in [3.63, 3.8) is 0 Å². The molecule has 3 nitrogen and oxygen atoms in total. The van der Waals surface area contributed by atoms with Crippen molar-refractivity contribution in [1.29, 1.82) is 0 Å². The Labute approximate surface area is 325 Å². The lowest BCUT2D eigenvalue weighted by molar-refractivity contribution is 0.570. The predicted octanol–water partition coefficient (Wildman–Crippen LogP) is 14.9. The summed E-state index contributed by atoms with van der Waals surface area (Å²) in [4.78, 5) is 15.9. The summed E-state index contributed by atoms with van der Waals surface area (Å²) >= 11 is 3.75. The number of thiophene rings is 2. The highest BCUT2D eigenvalue weighted by molar-refractivity contribution is 7.19. The summed E-state index contributed by atoms with van der Waals surface area (Å²) in [5.41, 5.74) is 12.2. The van der Waals surface area contributed by atoms with Crippen molar-refractivity contribution in [2.75, 3.05) is 0 Å². The van der Waals surface area contributed by atoms with Crippen molar-refractivity contribution in [3.8, 4) is 31.3 Å². The Balaban J connectivity index is 1.30. The molecule has 0 saturated heterocycles. The van der Waals surface area contributed by atoms with E-state index in [0.29, 0.717) is 0 Å². The summed E-state index contributed by atoms with van der Waals surface area (Å²) in [5, 5.41) is 2.71. The second kappa shape index (κ2) is 15.1. The Kier molecular flexibility index (Phi) is 10.7. The van der Waals surface area contributed by atoms with Gasteiger partial charge in [0, 0.05) is 59.0 Å². The van der Waals surface area contributed by atoms with Crippen LogP contribution in [0.2, 0.25) is 0 Å². The van der Waals surface area contributed by atoms with Gasteiger partial charge in [-0.3, -0.25) is 0 Å². The highest BCUT2D eigenvalue weighted by Gasteiger charge is 2.22. The molecule has 4 aromatic heterocycles. The first-order valence-electron chi connectivity index (χ1n) is 20.0. The Morgan fingerprint density at radius 3 is 1.72 bits per heavy atom. The average Bonchev–Trinajstić information content (AvgIpc) is 3.90. The molecule has 0 aliphatic heterocycles. The maximum atomic E-state index is 5.36. The lowest BCUT2D eigenvalue weighted by Gasteiger charge is -2.19. The summed E-state index contributed by atoms with van der Waals surface area (Å²) in [6.07, 6.45) is 9.56. The first-order chi connectivity index (χ1) is 25.4. The van der Waals surface area contributed by atoms with E-state index >= 15 is 0 Å². The topological polar surface area (TPSA) is 30.7 Å². The molecule has 0 radical (unpaired) electrons. The molecular weight excluding hydrogens is 683 g/mol. The van der Waals surface area contributed by atoms with E-state index in [4.69, 9.17) is 9.97 Å². The first-order valence-corrected chi connectivity index (χ1v) is 21.6. The minimum absolute atomic E-state index is 0.107. The van der Waals surface area contributed by atoms with E-state index in [1.165, 1.54) is 102 Å². The van der Waals surface area contributed by atoms with Crippen molar-refractivity contribution in [1.82, 2.24) is 14.5 Å². The van der Waals surface area contributed by atoms with Gasteiger partial charge in [-0.1, -0.05) is 131 Å². The van der Waals surface area contributed by atoms with E-state index in [-0.39, 0.29) is 10.8 Å². The van der Waals surface area contributed by atoms with Crippen LogP contribution in [0.15, 0.2) is 72.8 Å². The van der Waals surface area contributed by atoms with Gasteiger partial charge in [0.05, 0.1) is 22.4 Å². The first kappa shape index (κ1) is 37.5. The lowest BCUT2D eigenvalue weighted by Crippen LogP contribution is -2.11. The highest BCUT2D eigenvalue weighted by atomic mass is 32.1. The van der Waals surface area contributed by atoms with Crippen molar-refractivity contribution in [2.24, 2.45) is 0 Å². The third kappa shape index (κ3) is 7.49. The largest absolute Gasteiger partial charge is 0.340 e. The number of benzene rings is 3. The normalized spacial score (nSPS) is 12.5. The molecule has 276 valence electrons. The number of nitrogens with zero attached hydrogens (tertiary/aromatic N) is 3. The molecule has 0 N–H and O–H groups in total.